The summed E-state index contributed by atoms with van der Waals surface area (Å²) in [6.07, 6.45) is 1.61. The molecule has 17 heavy (non-hydrogen) atoms. The third kappa shape index (κ3) is 2.89. The molecule has 6 heteroatoms. The molecule has 0 aliphatic rings. The van der Waals surface area contributed by atoms with Gasteiger partial charge < -0.3 is 0 Å². The topological polar surface area (TPSA) is 30.0 Å². The fraction of sp³-hybridized carbons (Fsp3) is 0.0909. The van der Waals surface area contributed by atoms with Crippen LogP contribution in [0.1, 0.15) is 10.4 Å². The molecule has 0 saturated heterocycles. The maximum absolute atomic E-state index is 13.3. The van der Waals surface area contributed by atoms with Crippen LogP contribution in [0.4, 0.5) is 8.78 Å². The summed E-state index contributed by atoms with van der Waals surface area (Å²) in [7, 11) is 0. The first-order valence-corrected chi connectivity index (χ1v) is 6.54. The highest BCUT2D eigenvalue weighted by Gasteiger charge is 2.17. The summed E-state index contributed by atoms with van der Waals surface area (Å²) >= 11 is 2.55. The largest absolute Gasteiger partial charge is 0.293 e. The van der Waals surface area contributed by atoms with Gasteiger partial charge in [-0.15, -0.1) is 11.3 Å². The predicted molar refractivity (Wildman–Crippen MR) is 63.5 cm³/mol. The Labute approximate surface area is 105 Å². The van der Waals surface area contributed by atoms with Crippen LogP contribution in [0.3, 0.4) is 0 Å². The lowest BCUT2D eigenvalue weighted by atomic mass is 10.1. The van der Waals surface area contributed by atoms with Crippen molar-refractivity contribution in [3.63, 3.8) is 0 Å². The average Bonchev–Trinajstić information content (AvgIpc) is 2.79. The highest BCUT2D eigenvalue weighted by atomic mass is 32.2. The summed E-state index contributed by atoms with van der Waals surface area (Å²) in [5, 5.41) is 1.77. The first-order valence-electron chi connectivity index (χ1n) is 4.68. The molecule has 2 nitrogen and oxygen atoms in total. The van der Waals surface area contributed by atoms with Gasteiger partial charge in [0.15, 0.2) is 5.78 Å². The molecule has 0 unspecified atom stereocenters. The second-order valence-electron chi connectivity index (χ2n) is 3.11. The number of benzene rings is 1. The van der Waals surface area contributed by atoms with Crippen molar-refractivity contribution < 1.29 is 13.6 Å². The minimum absolute atomic E-state index is 0.0225. The van der Waals surface area contributed by atoms with Gasteiger partial charge in [-0.2, -0.15) is 0 Å². The van der Waals surface area contributed by atoms with E-state index in [1.165, 1.54) is 29.2 Å². The van der Waals surface area contributed by atoms with E-state index in [-0.39, 0.29) is 5.75 Å². The zero-order valence-corrected chi connectivity index (χ0v) is 10.2. The molecule has 1 heterocycles. The maximum Gasteiger partial charge on any atom is 0.179 e. The van der Waals surface area contributed by atoms with E-state index < -0.39 is 23.0 Å². The van der Waals surface area contributed by atoms with Gasteiger partial charge in [-0.1, -0.05) is 17.8 Å². The molecule has 0 radical (unpaired) electrons. The molecule has 0 bridgehead atoms. The number of thiazole rings is 1. The average molecular weight is 271 g/mol. The lowest BCUT2D eigenvalue weighted by Gasteiger charge is -2.02. The van der Waals surface area contributed by atoms with Crippen molar-refractivity contribution in [1.82, 2.24) is 4.98 Å². The van der Waals surface area contributed by atoms with Crippen molar-refractivity contribution in [2.24, 2.45) is 0 Å². The number of hydrogen-bond donors (Lipinski definition) is 0. The Hall–Kier alpha value is -1.27. The van der Waals surface area contributed by atoms with Crippen molar-refractivity contribution >= 4 is 28.9 Å². The van der Waals surface area contributed by atoms with Crippen LogP contribution in [-0.2, 0) is 0 Å². The van der Waals surface area contributed by atoms with Gasteiger partial charge in [0, 0.05) is 11.6 Å². The van der Waals surface area contributed by atoms with Crippen molar-refractivity contribution in [2.75, 3.05) is 5.75 Å². The third-order valence-corrected chi connectivity index (χ3v) is 3.94. The number of thioether (sulfide) groups is 1. The van der Waals surface area contributed by atoms with Crippen LogP contribution in [0.2, 0.25) is 0 Å². The number of carbonyl (C=O) groups excluding carboxylic acids is 1. The number of halogens is 2. The van der Waals surface area contributed by atoms with Gasteiger partial charge in [0.2, 0.25) is 0 Å². The van der Waals surface area contributed by atoms with E-state index in [1.54, 1.807) is 11.6 Å². The third-order valence-electron chi connectivity index (χ3n) is 1.98. The van der Waals surface area contributed by atoms with Gasteiger partial charge in [-0.25, -0.2) is 13.8 Å². The Kier molecular flexibility index (Phi) is 3.86. The van der Waals surface area contributed by atoms with E-state index in [0.29, 0.717) is 4.34 Å². The van der Waals surface area contributed by atoms with E-state index in [4.69, 9.17) is 0 Å². The first-order chi connectivity index (χ1) is 8.18. The summed E-state index contributed by atoms with van der Waals surface area (Å²) in [5.41, 5.74) is -0.475. The normalized spacial score (nSPS) is 10.5. The Bertz CT molecular complexity index is 508. The van der Waals surface area contributed by atoms with Crippen molar-refractivity contribution in [3.8, 4) is 0 Å². The molecule has 0 atom stereocenters. The summed E-state index contributed by atoms with van der Waals surface area (Å²) in [5.74, 6) is -2.24. The van der Waals surface area contributed by atoms with Crippen molar-refractivity contribution in [3.05, 3.63) is 47.0 Å². The van der Waals surface area contributed by atoms with Crippen LogP contribution in [0, 0.1) is 11.6 Å². The monoisotopic (exact) mass is 271 g/mol. The van der Waals surface area contributed by atoms with Gasteiger partial charge >= 0.3 is 0 Å². The van der Waals surface area contributed by atoms with Gasteiger partial charge in [-0.3, -0.25) is 4.79 Å². The lowest BCUT2D eigenvalue weighted by Crippen LogP contribution is -2.08. The van der Waals surface area contributed by atoms with Crippen LogP contribution < -0.4 is 0 Å². The standard InChI is InChI=1S/C11H7F2NOS2/c12-7-2-1-3-8(13)10(7)9(15)6-17-11-14-4-5-16-11/h1-5H,6H2. The molecular weight excluding hydrogens is 264 g/mol. The second-order valence-corrected chi connectivity index (χ2v) is 5.22. The smallest absolute Gasteiger partial charge is 0.179 e. The van der Waals surface area contributed by atoms with Crippen molar-refractivity contribution in [1.29, 1.82) is 0 Å². The maximum atomic E-state index is 13.3. The molecule has 2 aromatic rings. The van der Waals surface area contributed by atoms with Gasteiger partial charge in [0.05, 0.1) is 11.3 Å². The molecule has 88 valence electrons. The van der Waals surface area contributed by atoms with Gasteiger partial charge in [0.1, 0.15) is 16.0 Å². The van der Waals surface area contributed by atoms with E-state index in [1.807, 2.05) is 0 Å². The summed E-state index contributed by atoms with van der Waals surface area (Å²) < 4.78 is 27.3. The van der Waals surface area contributed by atoms with Crippen molar-refractivity contribution in [2.45, 2.75) is 4.34 Å². The minimum Gasteiger partial charge on any atom is -0.293 e. The van der Waals surface area contributed by atoms with Gasteiger partial charge in [0.25, 0.3) is 0 Å². The first kappa shape index (κ1) is 12.2. The van der Waals surface area contributed by atoms with E-state index in [0.717, 1.165) is 12.1 Å². The molecule has 2 rings (SSSR count). The van der Waals surface area contributed by atoms with E-state index in [9.17, 15) is 13.6 Å². The van der Waals surface area contributed by atoms with Crippen LogP contribution in [0.25, 0.3) is 0 Å². The molecule has 0 aliphatic carbocycles. The van der Waals surface area contributed by atoms with Crippen LogP contribution in [-0.4, -0.2) is 16.5 Å². The fourth-order valence-corrected chi connectivity index (χ4v) is 2.76. The molecule has 0 saturated carbocycles. The van der Waals surface area contributed by atoms with Crippen LogP contribution in [0.15, 0.2) is 34.1 Å². The quantitative estimate of drug-likeness (QED) is 0.630. The molecule has 1 aromatic heterocycles. The van der Waals surface area contributed by atoms with E-state index >= 15 is 0 Å². The predicted octanol–water partition coefficient (Wildman–Crippen LogP) is 3.40. The number of nitrogens with zero attached hydrogens (tertiary/aromatic N) is 1. The Morgan fingerprint density at radius 3 is 2.65 bits per heavy atom. The molecule has 0 aliphatic heterocycles. The SMILES string of the molecule is O=C(CSc1nccs1)c1c(F)cccc1F. The molecule has 1 aromatic carbocycles. The number of hydrogen-bond acceptors (Lipinski definition) is 4. The molecule has 0 N–H and O–H groups in total. The van der Waals surface area contributed by atoms with Crippen LogP contribution >= 0.6 is 23.1 Å². The van der Waals surface area contributed by atoms with Crippen LogP contribution in [0.5, 0.6) is 0 Å². The molecule has 0 spiro atoms. The minimum atomic E-state index is -0.824. The molecule has 0 amide bonds. The molecular formula is C11H7F2NOS2. The Morgan fingerprint density at radius 1 is 1.35 bits per heavy atom. The number of rotatable bonds is 4. The van der Waals surface area contributed by atoms with E-state index in [2.05, 4.69) is 4.98 Å². The summed E-state index contributed by atoms with van der Waals surface area (Å²) in [6.45, 7) is 0. The zero-order valence-electron chi connectivity index (χ0n) is 8.52. The summed E-state index contributed by atoms with van der Waals surface area (Å²) in [4.78, 5) is 15.6. The lowest BCUT2D eigenvalue weighted by molar-refractivity contribution is 0.101. The fourth-order valence-electron chi connectivity index (χ4n) is 1.25. The summed E-state index contributed by atoms with van der Waals surface area (Å²) in [6, 6.07) is 3.38. The highest BCUT2D eigenvalue weighted by molar-refractivity contribution is 8.01. The molecule has 0 fully saturated rings. The number of aromatic nitrogens is 1. The number of Topliss-reactive ketones (excluding diaryl/α,β-unsaturated/α-hetero) is 1. The zero-order chi connectivity index (χ0) is 12.3. The highest BCUT2D eigenvalue weighted by Crippen LogP contribution is 2.22. The Balaban J connectivity index is 2.10. The number of carbonyl (C=O) groups is 1. The second kappa shape index (κ2) is 5.37. The number of ketones is 1. The van der Waals surface area contributed by atoms with Gasteiger partial charge in [-0.05, 0) is 12.1 Å². The Morgan fingerprint density at radius 2 is 2.06 bits per heavy atom.